The van der Waals surface area contributed by atoms with E-state index >= 15 is 0 Å². The number of esters is 1. The van der Waals surface area contributed by atoms with Crippen LogP contribution in [0.5, 0.6) is 0 Å². The molecule has 0 amide bonds. The summed E-state index contributed by atoms with van der Waals surface area (Å²) in [5.74, 6) is 1.87. The van der Waals surface area contributed by atoms with E-state index in [1.807, 2.05) is 61.5 Å². The van der Waals surface area contributed by atoms with Crippen LogP contribution in [0.4, 0.5) is 0 Å². The molecule has 0 bridgehead atoms. The van der Waals surface area contributed by atoms with Gasteiger partial charge in [0.25, 0.3) is 0 Å². The lowest BCUT2D eigenvalue weighted by atomic mass is 9.94. The molecule has 34 heavy (non-hydrogen) atoms. The molecule has 172 valence electrons. The molecule has 6 nitrogen and oxygen atoms in total. The molecule has 0 atom stereocenters. The lowest BCUT2D eigenvalue weighted by Gasteiger charge is -2.17. The maximum Gasteiger partial charge on any atom is 0.340 e. The zero-order valence-corrected chi connectivity index (χ0v) is 19.9. The minimum atomic E-state index is -0.336. The third-order valence-electron chi connectivity index (χ3n) is 6.39. The third-order valence-corrected chi connectivity index (χ3v) is 7.35. The van der Waals surface area contributed by atoms with Crippen molar-refractivity contribution in [3.63, 3.8) is 0 Å². The number of nitrogens with zero attached hydrogens (tertiary/aromatic N) is 4. The highest BCUT2D eigenvalue weighted by Crippen LogP contribution is 2.46. The number of benzene rings is 2. The predicted molar refractivity (Wildman–Crippen MR) is 133 cm³/mol. The van der Waals surface area contributed by atoms with Gasteiger partial charge in [0.15, 0.2) is 5.16 Å². The molecule has 2 fully saturated rings. The van der Waals surface area contributed by atoms with Crippen molar-refractivity contribution in [2.24, 2.45) is 0 Å². The van der Waals surface area contributed by atoms with Gasteiger partial charge in [0.1, 0.15) is 5.82 Å². The molecule has 2 saturated carbocycles. The van der Waals surface area contributed by atoms with E-state index in [9.17, 15) is 4.79 Å². The molecule has 6 rings (SSSR count). The molecule has 2 aromatic carbocycles. The fourth-order valence-electron chi connectivity index (χ4n) is 4.51. The van der Waals surface area contributed by atoms with Gasteiger partial charge in [-0.25, -0.2) is 4.79 Å². The Kier molecular flexibility index (Phi) is 5.57. The number of hydrogen-bond acceptors (Lipinski definition) is 6. The van der Waals surface area contributed by atoms with E-state index in [0.29, 0.717) is 29.9 Å². The standard InChI is InChI=1S/C27H26N4O2S/c1-2-33-26(32)24-22(16-34-27-30-29-25(18-12-13-18)31(27)19-14-15-19)28-21-11-7-6-10-20(21)23(24)17-8-4-3-5-9-17/h3-11,18-19H,2,12-16H2,1H3. The van der Waals surface area contributed by atoms with Gasteiger partial charge in [-0.3, -0.25) is 4.98 Å². The first-order chi connectivity index (χ1) is 16.7. The number of hydrogen-bond donors (Lipinski definition) is 0. The van der Waals surface area contributed by atoms with Crippen molar-refractivity contribution in [2.75, 3.05) is 6.61 Å². The number of pyridine rings is 1. The van der Waals surface area contributed by atoms with Gasteiger partial charge in [-0.15, -0.1) is 10.2 Å². The Labute approximate surface area is 202 Å². The van der Waals surface area contributed by atoms with E-state index in [2.05, 4.69) is 14.8 Å². The van der Waals surface area contributed by atoms with E-state index in [1.165, 1.54) is 25.7 Å². The summed E-state index contributed by atoms with van der Waals surface area (Å²) in [6, 6.07) is 18.5. The van der Waals surface area contributed by atoms with Crippen molar-refractivity contribution < 1.29 is 9.53 Å². The molecular formula is C27H26N4O2S. The first-order valence-corrected chi connectivity index (χ1v) is 12.9. The van der Waals surface area contributed by atoms with Crippen LogP contribution in [0.15, 0.2) is 59.8 Å². The van der Waals surface area contributed by atoms with E-state index in [1.54, 1.807) is 11.8 Å². The largest absolute Gasteiger partial charge is 0.462 e. The van der Waals surface area contributed by atoms with Gasteiger partial charge in [-0.2, -0.15) is 0 Å². The summed E-state index contributed by atoms with van der Waals surface area (Å²) >= 11 is 1.62. The zero-order valence-electron chi connectivity index (χ0n) is 19.1. The Morgan fingerprint density at radius 2 is 1.79 bits per heavy atom. The molecule has 7 heteroatoms. The Hall–Kier alpha value is -3.19. The average Bonchev–Trinajstić information content (AvgIpc) is 3.81. The fourth-order valence-corrected chi connectivity index (χ4v) is 5.47. The monoisotopic (exact) mass is 470 g/mol. The van der Waals surface area contributed by atoms with Crippen LogP contribution in [0, 0.1) is 0 Å². The van der Waals surface area contributed by atoms with Gasteiger partial charge in [0, 0.05) is 28.7 Å². The second kappa shape index (κ2) is 8.87. The summed E-state index contributed by atoms with van der Waals surface area (Å²) < 4.78 is 7.86. The summed E-state index contributed by atoms with van der Waals surface area (Å²) in [6.07, 6.45) is 4.78. The summed E-state index contributed by atoms with van der Waals surface area (Å²) in [5, 5.41) is 10.9. The van der Waals surface area contributed by atoms with Crippen LogP contribution in [0.2, 0.25) is 0 Å². The van der Waals surface area contributed by atoms with E-state index in [-0.39, 0.29) is 5.97 Å². The summed E-state index contributed by atoms with van der Waals surface area (Å²) in [4.78, 5) is 18.2. The van der Waals surface area contributed by atoms with Gasteiger partial charge < -0.3 is 9.30 Å². The van der Waals surface area contributed by atoms with E-state index < -0.39 is 0 Å². The first kappa shape index (κ1) is 21.4. The summed E-state index contributed by atoms with van der Waals surface area (Å²) in [5.41, 5.74) is 3.99. The molecule has 4 aromatic rings. The van der Waals surface area contributed by atoms with E-state index in [4.69, 9.17) is 9.72 Å². The van der Waals surface area contributed by atoms with Crippen LogP contribution >= 0.6 is 11.8 Å². The van der Waals surface area contributed by atoms with Crippen LogP contribution in [0.3, 0.4) is 0 Å². The highest BCUT2D eigenvalue weighted by molar-refractivity contribution is 7.98. The molecule has 2 heterocycles. The molecule has 0 spiro atoms. The summed E-state index contributed by atoms with van der Waals surface area (Å²) in [7, 11) is 0. The normalized spacial score (nSPS) is 15.6. The zero-order chi connectivity index (χ0) is 23.1. The van der Waals surface area contributed by atoms with Crippen molar-refractivity contribution in [3.8, 4) is 11.1 Å². The van der Waals surface area contributed by atoms with Gasteiger partial charge in [-0.05, 0) is 44.2 Å². The smallest absolute Gasteiger partial charge is 0.340 e. The quantitative estimate of drug-likeness (QED) is 0.226. The van der Waals surface area contributed by atoms with Gasteiger partial charge in [0.05, 0.1) is 23.4 Å². The third kappa shape index (κ3) is 3.98. The number of aromatic nitrogens is 4. The van der Waals surface area contributed by atoms with Crippen molar-refractivity contribution in [2.45, 2.75) is 55.5 Å². The molecule has 0 saturated heterocycles. The molecule has 0 radical (unpaired) electrons. The maximum atomic E-state index is 13.3. The van der Waals surface area contributed by atoms with Crippen LogP contribution < -0.4 is 0 Å². The average molecular weight is 471 g/mol. The number of thioether (sulfide) groups is 1. The van der Waals surface area contributed by atoms with Gasteiger partial charge >= 0.3 is 5.97 Å². The van der Waals surface area contributed by atoms with Crippen LogP contribution in [-0.4, -0.2) is 32.3 Å². The topological polar surface area (TPSA) is 69.9 Å². The van der Waals surface area contributed by atoms with Crippen molar-refractivity contribution in [1.82, 2.24) is 19.7 Å². The molecule has 2 aliphatic rings. The number of carbonyl (C=O) groups is 1. The van der Waals surface area contributed by atoms with Crippen LogP contribution in [0.1, 0.15) is 66.4 Å². The van der Waals surface area contributed by atoms with E-state index in [0.717, 1.165) is 38.7 Å². The lowest BCUT2D eigenvalue weighted by Crippen LogP contribution is -2.12. The Morgan fingerprint density at radius 1 is 1.03 bits per heavy atom. The number of carbonyl (C=O) groups excluding carboxylic acids is 1. The van der Waals surface area contributed by atoms with Crippen LogP contribution in [0.25, 0.3) is 22.0 Å². The predicted octanol–water partition coefficient (Wildman–Crippen LogP) is 6.17. The SMILES string of the molecule is CCOC(=O)c1c(CSc2nnc(C3CC3)n2C2CC2)nc2ccccc2c1-c1ccccc1. The second-order valence-electron chi connectivity index (χ2n) is 8.92. The van der Waals surface area contributed by atoms with Crippen LogP contribution in [-0.2, 0) is 10.5 Å². The second-order valence-corrected chi connectivity index (χ2v) is 9.86. The molecule has 2 aromatic heterocycles. The Bertz CT molecular complexity index is 1360. The molecule has 2 aliphatic carbocycles. The highest BCUT2D eigenvalue weighted by Gasteiger charge is 2.36. The number of fused-ring (bicyclic) bond motifs is 1. The first-order valence-electron chi connectivity index (χ1n) is 12.0. The molecular weight excluding hydrogens is 444 g/mol. The number of rotatable bonds is 8. The molecule has 0 aliphatic heterocycles. The highest BCUT2D eigenvalue weighted by atomic mass is 32.2. The fraction of sp³-hybridized carbons (Fsp3) is 0.333. The minimum absolute atomic E-state index is 0.313. The lowest BCUT2D eigenvalue weighted by molar-refractivity contribution is 0.0526. The number of para-hydroxylation sites is 1. The molecule has 0 N–H and O–H groups in total. The van der Waals surface area contributed by atoms with Gasteiger partial charge in [-0.1, -0.05) is 60.3 Å². The van der Waals surface area contributed by atoms with Crippen molar-refractivity contribution in [1.29, 1.82) is 0 Å². The minimum Gasteiger partial charge on any atom is -0.462 e. The Morgan fingerprint density at radius 3 is 2.53 bits per heavy atom. The van der Waals surface area contributed by atoms with Crippen molar-refractivity contribution in [3.05, 3.63) is 71.7 Å². The number of ether oxygens (including phenoxy) is 1. The van der Waals surface area contributed by atoms with Gasteiger partial charge in [0.2, 0.25) is 0 Å². The molecule has 0 unspecified atom stereocenters. The summed E-state index contributed by atoms with van der Waals surface area (Å²) in [6.45, 7) is 2.15. The van der Waals surface area contributed by atoms with Crippen molar-refractivity contribution >= 4 is 28.6 Å². The Balaban J connectivity index is 1.46. The maximum absolute atomic E-state index is 13.3.